The van der Waals surface area contributed by atoms with Crippen LogP contribution in [0.15, 0.2) is 48.5 Å². The standard InChI is InChI=1S/C23H24N2O3/c1-17(26)24-20-9-11-21(12-10-20)25-22(27)19-7-5-18(6-8-19)13-16-23(28)14-3-2-4-15-23/h5-12,28H,2-4,14-15H2,1H3,(H,24,26)(H,25,27). The number of hydrogen-bond donors (Lipinski definition) is 3. The Morgan fingerprint density at radius 3 is 2.04 bits per heavy atom. The van der Waals surface area contributed by atoms with E-state index in [1.165, 1.54) is 6.92 Å². The number of anilines is 2. The molecule has 0 aliphatic heterocycles. The van der Waals surface area contributed by atoms with E-state index in [9.17, 15) is 14.7 Å². The van der Waals surface area contributed by atoms with Gasteiger partial charge in [-0.05, 0) is 74.2 Å². The molecule has 0 atom stereocenters. The van der Waals surface area contributed by atoms with Gasteiger partial charge in [0.1, 0.15) is 5.60 Å². The summed E-state index contributed by atoms with van der Waals surface area (Å²) in [5.74, 6) is 5.66. The molecule has 5 heteroatoms. The van der Waals surface area contributed by atoms with Gasteiger partial charge in [0.2, 0.25) is 5.91 Å². The lowest BCUT2D eigenvalue weighted by Crippen LogP contribution is -2.29. The summed E-state index contributed by atoms with van der Waals surface area (Å²) in [5.41, 5.74) is 1.73. The predicted molar refractivity (Wildman–Crippen MR) is 110 cm³/mol. The zero-order valence-corrected chi connectivity index (χ0v) is 15.9. The van der Waals surface area contributed by atoms with E-state index in [2.05, 4.69) is 22.5 Å². The van der Waals surface area contributed by atoms with Crippen LogP contribution >= 0.6 is 0 Å². The van der Waals surface area contributed by atoms with Crippen molar-refractivity contribution in [3.8, 4) is 11.8 Å². The van der Waals surface area contributed by atoms with Crippen molar-refractivity contribution >= 4 is 23.2 Å². The molecule has 0 bridgehead atoms. The minimum atomic E-state index is -0.877. The second kappa shape index (κ2) is 8.73. The second-order valence-electron chi connectivity index (χ2n) is 7.13. The van der Waals surface area contributed by atoms with Crippen molar-refractivity contribution < 1.29 is 14.7 Å². The van der Waals surface area contributed by atoms with Crippen molar-refractivity contribution in [2.45, 2.75) is 44.6 Å². The summed E-state index contributed by atoms with van der Waals surface area (Å²) in [6.45, 7) is 1.44. The maximum Gasteiger partial charge on any atom is 0.255 e. The molecule has 3 rings (SSSR count). The molecule has 0 unspecified atom stereocenters. The van der Waals surface area contributed by atoms with Gasteiger partial charge < -0.3 is 15.7 Å². The average molecular weight is 376 g/mol. The van der Waals surface area contributed by atoms with E-state index in [1.807, 2.05) is 0 Å². The van der Waals surface area contributed by atoms with Gasteiger partial charge in [0.25, 0.3) is 5.91 Å². The molecule has 3 N–H and O–H groups in total. The Labute approximate surface area is 165 Å². The zero-order chi connectivity index (χ0) is 20.0. The maximum atomic E-state index is 12.4. The monoisotopic (exact) mass is 376 g/mol. The quantitative estimate of drug-likeness (QED) is 0.710. The molecule has 2 amide bonds. The molecule has 0 spiro atoms. The number of benzene rings is 2. The molecule has 1 fully saturated rings. The molecule has 0 heterocycles. The summed E-state index contributed by atoms with van der Waals surface area (Å²) in [7, 11) is 0. The van der Waals surface area contributed by atoms with Crippen LogP contribution in [0.1, 0.15) is 54.9 Å². The maximum absolute atomic E-state index is 12.4. The van der Waals surface area contributed by atoms with Crippen LogP contribution in [0.5, 0.6) is 0 Å². The van der Waals surface area contributed by atoms with Crippen LogP contribution in [0.3, 0.4) is 0 Å². The molecule has 2 aromatic rings. The van der Waals surface area contributed by atoms with E-state index in [-0.39, 0.29) is 11.8 Å². The lowest BCUT2D eigenvalue weighted by molar-refractivity contribution is -0.114. The highest BCUT2D eigenvalue weighted by Crippen LogP contribution is 2.27. The first kappa shape index (κ1) is 19.7. The normalized spacial score (nSPS) is 15.1. The van der Waals surface area contributed by atoms with Crippen molar-refractivity contribution in [2.24, 2.45) is 0 Å². The molecule has 144 valence electrons. The van der Waals surface area contributed by atoms with E-state index >= 15 is 0 Å². The summed E-state index contributed by atoms with van der Waals surface area (Å²) >= 11 is 0. The summed E-state index contributed by atoms with van der Waals surface area (Å²) in [5, 5.41) is 15.9. The number of nitrogens with one attached hydrogen (secondary N) is 2. The molecule has 28 heavy (non-hydrogen) atoms. The van der Waals surface area contributed by atoms with Gasteiger partial charge in [0.15, 0.2) is 0 Å². The molecule has 0 saturated heterocycles. The Hall–Kier alpha value is -3.10. The number of amides is 2. The van der Waals surface area contributed by atoms with E-state index in [0.29, 0.717) is 16.9 Å². The first-order valence-corrected chi connectivity index (χ1v) is 9.48. The van der Waals surface area contributed by atoms with Crippen molar-refractivity contribution in [3.05, 3.63) is 59.7 Å². The highest BCUT2D eigenvalue weighted by molar-refractivity contribution is 6.04. The van der Waals surface area contributed by atoms with E-state index in [1.54, 1.807) is 48.5 Å². The van der Waals surface area contributed by atoms with E-state index < -0.39 is 5.60 Å². The van der Waals surface area contributed by atoms with Crippen LogP contribution in [0.2, 0.25) is 0 Å². The summed E-state index contributed by atoms with van der Waals surface area (Å²) < 4.78 is 0. The highest BCUT2D eigenvalue weighted by atomic mass is 16.3. The van der Waals surface area contributed by atoms with Gasteiger partial charge in [0, 0.05) is 29.4 Å². The highest BCUT2D eigenvalue weighted by Gasteiger charge is 2.26. The lowest BCUT2D eigenvalue weighted by atomic mass is 9.85. The average Bonchev–Trinajstić information content (AvgIpc) is 2.68. The van der Waals surface area contributed by atoms with Gasteiger partial charge >= 0.3 is 0 Å². The van der Waals surface area contributed by atoms with Crippen molar-refractivity contribution in [3.63, 3.8) is 0 Å². The van der Waals surface area contributed by atoms with Crippen LogP contribution in [-0.2, 0) is 4.79 Å². The lowest BCUT2D eigenvalue weighted by Gasteiger charge is -2.26. The molecule has 1 saturated carbocycles. The molecule has 1 aliphatic rings. The molecular weight excluding hydrogens is 352 g/mol. The Bertz CT molecular complexity index is 900. The van der Waals surface area contributed by atoms with Crippen molar-refractivity contribution in [2.75, 3.05) is 10.6 Å². The number of rotatable bonds is 3. The van der Waals surface area contributed by atoms with Crippen LogP contribution in [-0.4, -0.2) is 22.5 Å². The number of hydrogen-bond acceptors (Lipinski definition) is 3. The van der Waals surface area contributed by atoms with Crippen LogP contribution in [0.4, 0.5) is 11.4 Å². The van der Waals surface area contributed by atoms with Gasteiger partial charge in [-0.25, -0.2) is 0 Å². The topological polar surface area (TPSA) is 78.4 Å². The Balaban J connectivity index is 1.61. The Morgan fingerprint density at radius 1 is 0.893 bits per heavy atom. The number of aliphatic hydroxyl groups is 1. The van der Waals surface area contributed by atoms with Crippen molar-refractivity contribution in [1.82, 2.24) is 0 Å². The summed E-state index contributed by atoms with van der Waals surface area (Å²) in [6, 6.07) is 13.9. The Kier molecular flexibility index (Phi) is 6.13. The van der Waals surface area contributed by atoms with Gasteiger partial charge in [-0.3, -0.25) is 9.59 Å². The molecule has 0 aromatic heterocycles. The zero-order valence-electron chi connectivity index (χ0n) is 15.9. The van der Waals surface area contributed by atoms with Gasteiger partial charge in [-0.2, -0.15) is 0 Å². The number of carbonyl (C=O) groups excluding carboxylic acids is 2. The molecule has 0 radical (unpaired) electrons. The molecule has 1 aliphatic carbocycles. The molecular formula is C23H24N2O3. The van der Waals surface area contributed by atoms with E-state index in [0.717, 1.165) is 37.7 Å². The van der Waals surface area contributed by atoms with Crippen LogP contribution in [0.25, 0.3) is 0 Å². The first-order chi connectivity index (χ1) is 13.4. The summed E-state index contributed by atoms with van der Waals surface area (Å²) in [6.07, 6.45) is 4.62. The van der Waals surface area contributed by atoms with Crippen LogP contribution < -0.4 is 10.6 Å². The fraction of sp³-hybridized carbons (Fsp3) is 0.304. The minimum absolute atomic E-state index is 0.143. The smallest absolute Gasteiger partial charge is 0.255 e. The third-order valence-electron chi connectivity index (χ3n) is 4.73. The summed E-state index contributed by atoms with van der Waals surface area (Å²) in [4.78, 5) is 23.4. The Morgan fingerprint density at radius 2 is 1.46 bits per heavy atom. The van der Waals surface area contributed by atoms with Gasteiger partial charge in [0.05, 0.1) is 0 Å². The predicted octanol–water partition coefficient (Wildman–Crippen LogP) is 3.94. The van der Waals surface area contributed by atoms with Gasteiger partial charge in [-0.1, -0.05) is 18.3 Å². The third kappa shape index (κ3) is 5.45. The SMILES string of the molecule is CC(=O)Nc1ccc(NC(=O)c2ccc(C#CC3(O)CCCCC3)cc2)cc1. The minimum Gasteiger partial charge on any atom is -0.378 e. The first-order valence-electron chi connectivity index (χ1n) is 9.48. The van der Waals surface area contributed by atoms with Crippen molar-refractivity contribution in [1.29, 1.82) is 0 Å². The van der Waals surface area contributed by atoms with Crippen LogP contribution in [0, 0.1) is 11.8 Å². The molecule has 2 aromatic carbocycles. The third-order valence-corrected chi connectivity index (χ3v) is 4.73. The largest absolute Gasteiger partial charge is 0.378 e. The fourth-order valence-electron chi connectivity index (χ4n) is 3.20. The van der Waals surface area contributed by atoms with Gasteiger partial charge in [-0.15, -0.1) is 0 Å². The fourth-order valence-corrected chi connectivity index (χ4v) is 3.20. The van der Waals surface area contributed by atoms with E-state index in [4.69, 9.17) is 0 Å². The number of carbonyl (C=O) groups is 2. The molecule has 5 nitrogen and oxygen atoms in total. The second-order valence-corrected chi connectivity index (χ2v) is 7.13.